The lowest BCUT2D eigenvalue weighted by molar-refractivity contribution is 0.453. The normalized spacial score (nSPS) is 10.5. The molecule has 0 bridgehead atoms. The van der Waals surface area contributed by atoms with Gasteiger partial charge in [-0.1, -0.05) is 0 Å². The SMILES string of the molecule is Nc1c[nH]c2nc(O)cnc12. The van der Waals surface area contributed by atoms with E-state index in [4.69, 9.17) is 10.8 Å². The van der Waals surface area contributed by atoms with Gasteiger partial charge in [0.25, 0.3) is 0 Å². The molecule has 2 heterocycles. The van der Waals surface area contributed by atoms with E-state index in [-0.39, 0.29) is 5.88 Å². The summed E-state index contributed by atoms with van der Waals surface area (Å²) in [6, 6.07) is 0. The molecule has 0 unspecified atom stereocenters. The predicted octanol–water partition coefficient (Wildman–Crippen LogP) is 0.246. The minimum absolute atomic E-state index is 0.112. The van der Waals surface area contributed by atoms with Crippen LogP contribution in [0.1, 0.15) is 0 Å². The number of anilines is 1. The predicted molar refractivity (Wildman–Crippen MR) is 40.0 cm³/mol. The van der Waals surface area contributed by atoms with Gasteiger partial charge in [-0.05, 0) is 0 Å². The van der Waals surface area contributed by atoms with Gasteiger partial charge in [-0.15, -0.1) is 0 Å². The van der Waals surface area contributed by atoms with Gasteiger partial charge in [-0.25, -0.2) is 4.98 Å². The van der Waals surface area contributed by atoms with Crippen molar-refractivity contribution < 1.29 is 5.11 Å². The lowest BCUT2D eigenvalue weighted by Gasteiger charge is -1.89. The van der Waals surface area contributed by atoms with E-state index in [2.05, 4.69) is 15.0 Å². The van der Waals surface area contributed by atoms with E-state index in [1.54, 1.807) is 6.20 Å². The zero-order valence-electron chi connectivity index (χ0n) is 5.57. The smallest absolute Gasteiger partial charge is 0.231 e. The lowest BCUT2D eigenvalue weighted by Crippen LogP contribution is -1.84. The minimum Gasteiger partial charge on any atom is -0.492 e. The van der Waals surface area contributed by atoms with Gasteiger partial charge in [-0.2, -0.15) is 4.98 Å². The summed E-state index contributed by atoms with van der Waals surface area (Å²) in [6.07, 6.45) is 2.84. The molecule has 0 radical (unpaired) electrons. The largest absolute Gasteiger partial charge is 0.492 e. The van der Waals surface area contributed by atoms with E-state index < -0.39 is 0 Å². The summed E-state index contributed by atoms with van der Waals surface area (Å²) in [5.41, 5.74) is 7.13. The Morgan fingerprint density at radius 3 is 3.18 bits per heavy atom. The van der Waals surface area contributed by atoms with Crippen molar-refractivity contribution in [3.05, 3.63) is 12.4 Å². The highest BCUT2D eigenvalue weighted by atomic mass is 16.3. The van der Waals surface area contributed by atoms with Crippen LogP contribution in [0.2, 0.25) is 0 Å². The molecule has 0 aliphatic rings. The van der Waals surface area contributed by atoms with E-state index >= 15 is 0 Å². The van der Waals surface area contributed by atoms with Crippen molar-refractivity contribution in [1.82, 2.24) is 15.0 Å². The molecule has 0 atom stereocenters. The Kier molecular flexibility index (Phi) is 1.00. The second kappa shape index (κ2) is 1.85. The van der Waals surface area contributed by atoms with Crippen molar-refractivity contribution in [2.75, 3.05) is 5.73 Å². The van der Waals surface area contributed by atoms with Gasteiger partial charge in [0, 0.05) is 6.20 Å². The highest BCUT2D eigenvalue weighted by molar-refractivity contribution is 5.84. The number of H-pyrrole nitrogens is 1. The molecule has 0 amide bonds. The van der Waals surface area contributed by atoms with Gasteiger partial charge in [0.1, 0.15) is 5.52 Å². The number of nitrogens with one attached hydrogen (secondary N) is 1. The molecule has 0 fully saturated rings. The molecule has 2 aromatic rings. The molecular weight excluding hydrogens is 144 g/mol. The Hall–Kier alpha value is -1.78. The van der Waals surface area contributed by atoms with Crippen LogP contribution < -0.4 is 5.73 Å². The summed E-state index contributed by atoms with van der Waals surface area (Å²) < 4.78 is 0. The van der Waals surface area contributed by atoms with Gasteiger partial charge >= 0.3 is 0 Å². The van der Waals surface area contributed by atoms with Gasteiger partial charge in [0.05, 0.1) is 11.9 Å². The molecule has 56 valence electrons. The highest BCUT2D eigenvalue weighted by Gasteiger charge is 2.02. The Balaban J connectivity index is 2.86. The standard InChI is InChI=1S/C6H6N4O/c7-3-1-9-6-5(3)8-2-4(11)10-6/h1-2H,7H2,(H2,9,10,11). The number of fused-ring (bicyclic) bond motifs is 1. The number of aromatic nitrogens is 3. The summed E-state index contributed by atoms with van der Waals surface area (Å²) in [5, 5.41) is 8.91. The topological polar surface area (TPSA) is 87.8 Å². The number of nitrogens with two attached hydrogens (primary N) is 1. The number of aromatic amines is 1. The number of aromatic hydroxyl groups is 1. The lowest BCUT2D eigenvalue weighted by atomic mass is 10.5. The van der Waals surface area contributed by atoms with Crippen LogP contribution in [0.3, 0.4) is 0 Å². The number of rotatable bonds is 0. The van der Waals surface area contributed by atoms with Gasteiger partial charge in [0.2, 0.25) is 5.88 Å². The summed E-state index contributed by atoms with van der Waals surface area (Å²) in [6.45, 7) is 0. The van der Waals surface area contributed by atoms with E-state index in [9.17, 15) is 0 Å². The molecule has 0 saturated heterocycles. The van der Waals surface area contributed by atoms with Crippen LogP contribution in [-0.4, -0.2) is 20.1 Å². The van der Waals surface area contributed by atoms with E-state index in [1.807, 2.05) is 0 Å². The van der Waals surface area contributed by atoms with Crippen LogP contribution in [0.4, 0.5) is 5.69 Å². The van der Waals surface area contributed by atoms with Crippen molar-refractivity contribution in [3.8, 4) is 5.88 Å². The fourth-order valence-electron chi connectivity index (χ4n) is 0.906. The fourth-order valence-corrected chi connectivity index (χ4v) is 0.906. The average Bonchev–Trinajstić information content (AvgIpc) is 2.32. The monoisotopic (exact) mass is 150 g/mol. The molecule has 11 heavy (non-hydrogen) atoms. The molecule has 2 rings (SSSR count). The van der Waals surface area contributed by atoms with Crippen molar-refractivity contribution in [3.63, 3.8) is 0 Å². The second-order valence-corrected chi connectivity index (χ2v) is 2.17. The third-order valence-electron chi connectivity index (χ3n) is 1.40. The molecule has 0 spiro atoms. The maximum Gasteiger partial charge on any atom is 0.231 e. The molecule has 5 nitrogen and oxygen atoms in total. The first-order chi connectivity index (χ1) is 5.27. The zero-order chi connectivity index (χ0) is 7.84. The molecule has 4 N–H and O–H groups in total. The Labute approximate surface area is 61.9 Å². The fraction of sp³-hybridized carbons (Fsp3) is 0. The molecule has 2 aromatic heterocycles. The first kappa shape index (κ1) is 5.96. The molecule has 5 heteroatoms. The van der Waals surface area contributed by atoms with Crippen molar-refractivity contribution in [1.29, 1.82) is 0 Å². The van der Waals surface area contributed by atoms with Crippen LogP contribution in [0.25, 0.3) is 11.2 Å². The quantitative estimate of drug-likeness (QED) is 0.502. The number of hydrogen-bond donors (Lipinski definition) is 3. The first-order valence-corrected chi connectivity index (χ1v) is 3.06. The molecule has 0 aromatic carbocycles. The molecule has 0 aliphatic carbocycles. The summed E-state index contributed by atoms with van der Waals surface area (Å²) in [4.78, 5) is 10.4. The number of nitrogen functional groups attached to an aromatic ring is 1. The molecular formula is C6H6N4O. The minimum atomic E-state index is -0.112. The second-order valence-electron chi connectivity index (χ2n) is 2.17. The molecule has 0 aliphatic heterocycles. The number of hydrogen-bond acceptors (Lipinski definition) is 4. The summed E-state index contributed by atoms with van der Waals surface area (Å²) in [7, 11) is 0. The van der Waals surface area contributed by atoms with Crippen LogP contribution >= 0.6 is 0 Å². The highest BCUT2D eigenvalue weighted by Crippen LogP contribution is 2.16. The Morgan fingerprint density at radius 1 is 1.55 bits per heavy atom. The maximum absolute atomic E-state index is 8.91. The summed E-state index contributed by atoms with van der Waals surface area (Å²) >= 11 is 0. The van der Waals surface area contributed by atoms with Crippen LogP contribution in [0.5, 0.6) is 5.88 Å². The van der Waals surface area contributed by atoms with Crippen molar-refractivity contribution in [2.45, 2.75) is 0 Å². The third kappa shape index (κ3) is 0.778. The summed E-state index contributed by atoms with van der Waals surface area (Å²) in [5.74, 6) is -0.112. The Bertz CT molecular complexity index is 394. The Morgan fingerprint density at radius 2 is 2.36 bits per heavy atom. The van der Waals surface area contributed by atoms with E-state index in [0.717, 1.165) is 0 Å². The van der Waals surface area contributed by atoms with Crippen molar-refractivity contribution in [2.24, 2.45) is 0 Å². The van der Waals surface area contributed by atoms with E-state index in [0.29, 0.717) is 16.9 Å². The third-order valence-corrected chi connectivity index (χ3v) is 1.40. The van der Waals surface area contributed by atoms with Crippen LogP contribution in [0.15, 0.2) is 12.4 Å². The van der Waals surface area contributed by atoms with E-state index in [1.165, 1.54) is 6.20 Å². The van der Waals surface area contributed by atoms with Crippen LogP contribution in [0, 0.1) is 0 Å². The first-order valence-electron chi connectivity index (χ1n) is 3.06. The molecule has 0 saturated carbocycles. The van der Waals surface area contributed by atoms with Gasteiger partial charge in [0.15, 0.2) is 5.65 Å². The zero-order valence-corrected chi connectivity index (χ0v) is 5.57. The van der Waals surface area contributed by atoms with Crippen LogP contribution in [-0.2, 0) is 0 Å². The van der Waals surface area contributed by atoms with Gasteiger partial charge < -0.3 is 15.8 Å². The number of nitrogens with zero attached hydrogens (tertiary/aromatic N) is 2. The maximum atomic E-state index is 8.91. The van der Waals surface area contributed by atoms with Gasteiger partial charge in [-0.3, -0.25) is 0 Å². The average molecular weight is 150 g/mol. The van der Waals surface area contributed by atoms with Crippen molar-refractivity contribution >= 4 is 16.9 Å².